The van der Waals surface area contributed by atoms with E-state index in [1.165, 1.54) is 32.1 Å². The highest BCUT2D eigenvalue weighted by molar-refractivity contribution is 4.91. The van der Waals surface area contributed by atoms with Crippen molar-refractivity contribution in [3.05, 3.63) is 12.7 Å². The lowest BCUT2D eigenvalue weighted by Crippen LogP contribution is -2.37. The van der Waals surface area contributed by atoms with Crippen molar-refractivity contribution in [3.8, 4) is 0 Å². The number of unbranched alkanes of at least 4 members (excludes halogenated alkanes) is 3. The van der Waals surface area contributed by atoms with Gasteiger partial charge in [0.15, 0.2) is 0 Å². The normalized spacial score (nSPS) is 27.3. The molecular weight excluding hydrogens is 172 g/mol. The fourth-order valence-corrected chi connectivity index (χ4v) is 2.16. The van der Waals surface area contributed by atoms with Gasteiger partial charge in [0.1, 0.15) is 0 Å². The van der Waals surface area contributed by atoms with Gasteiger partial charge in [-0.1, -0.05) is 25.8 Å². The molecule has 1 aliphatic carbocycles. The van der Waals surface area contributed by atoms with Crippen molar-refractivity contribution in [2.75, 3.05) is 0 Å². The highest BCUT2D eigenvalue weighted by atomic mass is 15.2. The average Bonchev–Trinajstić information content (AvgIpc) is 2.89. The van der Waals surface area contributed by atoms with Crippen molar-refractivity contribution in [1.29, 1.82) is 0 Å². The van der Waals surface area contributed by atoms with Gasteiger partial charge < -0.3 is 0 Å². The predicted molar refractivity (Wildman–Crippen MR) is 61.7 cm³/mol. The molecule has 0 aromatic heterocycles. The summed E-state index contributed by atoms with van der Waals surface area (Å²) < 4.78 is 0. The molecule has 0 aromatic carbocycles. The van der Waals surface area contributed by atoms with E-state index in [9.17, 15) is 0 Å². The van der Waals surface area contributed by atoms with Crippen molar-refractivity contribution in [1.82, 2.24) is 5.43 Å². The van der Waals surface area contributed by atoms with E-state index in [0.717, 1.165) is 18.3 Å². The topological polar surface area (TPSA) is 38.0 Å². The van der Waals surface area contributed by atoms with Gasteiger partial charge in [-0.15, -0.1) is 6.58 Å². The number of hydrogen-bond acceptors (Lipinski definition) is 2. The molecular formula is C12H24N2. The largest absolute Gasteiger partial charge is 0.271 e. The van der Waals surface area contributed by atoms with Gasteiger partial charge in [-0.2, -0.15) is 0 Å². The second-order valence-electron chi connectivity index (χ2n) is 4.58. The maximum absolute atomic E-state index is 5.55. The van der Waals surface area contributed by atoms with E-state index in [1.807, 2.05) is 6.08 Å². The van der Waals surface area contributed by atoms with E-state index < -0.39 is 0 Å². The minimum absolute atomic E-state index is 0.564. The highest BCUT2D eigenvalue weighted by Crippen LogP contribution is 2.41. The summed E-state index contributed by atoms with van der Waals surface area (Å²) in [6.45, 7) is 6.04. The molecule has 1 aliphatic rings. The number of nitrogens with two attached hydrogens (primary N) is 1. The Morgan fingerprint density at radius 3 is 2.71 bits per heavy atom. The first kappa shape index (κ1) is 11.7. The maximum Gasteiger partial charge on any atom is 0.0241 e. The third-order valence-electron chi connectivity index (χ3n) is 3.33. The second-order valence-corrected chi connectivity index (χ2v) is 4.58. The third-order valence-corrected chi connectivity index (χ3v) is 3.33. The lowest BCUT2D eigenvalue weighted by atomic mass is 10.0. The Morgan fingerprint density at radius 1 is 1.50 bits per heavy atom. The van der Waals surface area contributed by atoms with Crippen molar-refractivity contribution in [2.24, 2.45) is 17.7 Å². The number of hydrogen-bond donors (Lipinski definition) is 2. The number of allylic oxidation sites excluding steroid dienone is 1. The summed E-state index contributed by atoms with van der Waals surface area (Å²) in [5, 5.41) is 0. The predicted octanol–water partition coefficient (Wildman–Crippen LogP) is 2.61. The zero-order valence-corrected chi connectivity index (χ0v) is 9.34. The molecule has 0 radical (unpaired) electrons. The standard InChI is InChI=1S/C12H24N2/c1-3-4-5-6-7-8-12(14-13)11-9-10(11)2/h3,10-12,14H,1,4-9,13H2,2H3. The van der Waals surface area contributed by atoms with E-state index in [2.05, 4.69) is 18.9 Å². The maximum atomic E-state index is 5.55. The van der Waals surface area contributed by atoms with Crippen LogP contribution in [0.25, 0.3) is 0 Å². The molecule has 1 saturated carbocycles. The van der Waals surface area contributed by atoms with Crippen LogP contribution >= 0.6 is 0 Å². The first-order valence-electron chi connectivity index (χ1n) is 5.86. The van der Waals surface area contributed by atoms with E-state index in [1.54, 1.807) is 0 Å². The van der Waals surface area contributed by atoms with Crippen molar-refractivity contribution in [2.45, 2.75) is 51.5 Å². The molecule has 82 valence electrons. The Morgan fingerprint density at radius 2 is 2.21 bits per heavy atom. The molecule has 1 fully saturated rings. The second kappa shape index (κ2) is 6.20. The number of nitrogens with one attached hydrogen (secondary N) is 1. The molecule has 0 aliphatic heterocycles. The Labute approximate surface area is 87.9 Å². The lowest BCUT2D eigenvalue weighted by molar-refractivity contribution is 0.412. The Balaban J connectivity index is 2.00. The van der Waals surface area contributed by atoms with Crippen LogP contribution in [0.4, 0.5) is 0 Å². The van der Waals surface area contributed by atoms with Crippen LogP contribution in [0.3, 0.4) is 0 Å². The zero-order chi connectivity index (χ0) is 10.4. The van der Waals surface area contributed by atoms with Crippen LogP contribution in [0.15, 0.2) is 12.7 Å². The molecule has 0 amide bonds. The first-order chi connectivity index (χ1) is 6.79. The molecule has 3 unspecified atom stereocenters. The molecule has 0 bridgehead atoms. The lowest BCUT2D eigenvalue weighted by Gasteiger charge is -2.14. The van der Waals surface area contributed by atoms with E-state index in [4.69, 9.17) is 5.84 Å². The molecule has 2 nitrogen and oxygen atoms in total. The number of hydrazine groups is 1. The Bertz CT molecular complexity index is 168. The zero-order valence-electron chi connectivity index (χ0n) is 9.34. The molecule has 0 aromatic rings. The van der Waals surface area contributed by atoms with Gasteiger partial charge in [-0.05, 0) is 37.5 Å². The fourth-order valence-electron chi connectivity index (χ4n) is 2.16. The van der Waals surface area contributed by atoms with Gasteiger partial charge in [0.05, 0.1) is 0 Å². The van der Waals surface area contributed by atoms with Crippen LogP contribution in [-0.2, 0) is 0 Å². The first-order valence-corrected chi connectivity index (χ1v) is 5.86. The Hall–Kier alpha value is -0.340. The third kappa shape index (κ3) is 3.81. The molecule has 2 heteroatoms. The van der Waals surface area contributed by atoms with Crippen molar-refractivity contribution < 1.29 is 0 Å². The van der Waals surface area contributed by atoms with Crippen LogP contribution in [0.2, 0.25) is 0 Å². The SMILES string of the molecule is C=CCCCCCC(NN)C1CC1C. The smallest absolute Gasteiger partial charge is 0.0241 e. The van der Waals surface area contributed by atoms with E-state index in [0.29, 0.717) is 6.04 Å². The minimum atomic E-state index is 0.564. The van der Waals surface area contributed by atoms with Crippen LogP contribution in [0.1, 0.15) is 45.4 Å². The summed E-state index contributed by atoms with van der Waals surface area (Å²) in [7, 11) is 0. The van der Waals surface area contributed by atoms with Crippen LogP contribution in [0.5, 0.6) is 0 Å². The van der Waals surface area contributed by atoms with Crippen LogP contribution in [-0.4, -0.2) is 6.04 Å². The van der Waals surface area contributed by atoms with E-state index in [-0.39, 0.29) is 0 Å². The summed E-state index contributed by atoms with van der Waals surface area (Å²) in [4.78, 5) is 0. The van der Waals surface area contributed by atoms with Gasteiger partial charge >= 0.3 is 0 Å². The molecule has 0 spiro atoms. The van der Waals surface area contributed by atoms with Gasteiger partial charge in [0, 0.05) is 6.04 Å². The molecule has 3 N–H and O–H groups in total. The summed E-state index contributed by atoms with van der Waals surface area (Å²) in [6, 6.07) is 0.564. The summed E-state index contributed by atoms with van der Waals surface area (Å²) in [5.41, 5.74) is 2.97. The Kier molecular flexibility index (Phi) is 5.20. The quantitative estimate of drug-likeness (QED) is 0.271. The molecule has 0 heterocycles. The van der Waals surface area contributed by atoms with Crippen LogP contribution < -0.4 is 11.3 Å². The van der Waals surface area contributed by atoms with Gasteiger partial charge in [0.25, 0.3) is 0 Å². The van der Waals surface area contributed by atoms with Crippen molar-refractivity contribution in [3.63, 3.8) is 0 Å². The summed E-state index contributed by atoms with van der Waals surface area (Å²) in [5.74, 6) is 7.29. The minimum Gasteiger partial charge on any atom is -0.271 e. The fraction of sp³-hybridized carbons (Fsp3) is 0.833. The van der Waals surface area contributed by atoms with Crippen LogP contribution in [0, 0.1) is 11.8 Å². The summed E-state index contributed by atoms with van der Waals surface area (Å²) in [6.07, 6.45) is 9.64. The van der Waals surface area contributed by atoms with Gasteiger partial charge in [0.2, 0.25) is 0 Å². The molecule has 14 heavy (non-hydrogen) atoms. The van der Waals surface area contributed by atoms with Gasteiger partial charge in [-0.25, -0.2) is 0 Å². The van der Waals surface area contributed by atoms with Crippen molar-refractivity contribution >= 4 is 0 Å². The van der Waals surface area contributed by atoms with Gasteiger partial charge in [-0.3, -0.25) is 11.3 Å². The monoisotopic (exact) mass is 196 g/mol. The molecule has 3 atom stereocenters. The average molecular weight is 196 g/mol. The molecule has 0 saturated heterocycles. The summed E-state index contributed by atoms with van der Waals surface area (Å²) >= 11 is 0. The highest BCUT2D eigenvalue weighted by Gasteiger charge is 2.38. The molecule has 1 rings (SSSR count). The van der Waals surface area contributed by atoms with E-state index >= 15 is 0 Å². The number of rotatable bonds is 8.